The molecule has 3 aromatic rings. The third kappa shape index (κ3) is 8.10. The van der Waals surface area contributed by atoms with Crippen LogP contribution in [0.15, 0.2) is 72.8 Å². The molecule has 36 heavy (non-hydrogen) atoms. The second kappa shape index (κ2) is 14.0. The molecule has 0 saturated heterocycles. The number of carbonyl (C=O) groups is 2. The Balaban J connectivity index is 1.85. The Morgan fingerprint density at radius 1 is 1.03 bits per heavy atom. The molecule has 0 aliphatic rings. The molecule has 0 aliphatic carbocycles. The van der Waals surface area contributed by atoms with Gasteiger partial charge >= 0.3 is 0 Å². The number of halogens is 2. The second-order valence-electron chi connectivity index (χ2n) is 8.70. The van der Waals surface area contributed by atoms with Crippen LogP contribution in [0, 0.1) is 12.7 Å². The molecule has 7 heteroatoms. The van der Waals surface area contributed by atoms with Crippen LogP contribution in [0.5, 0.6) is 0 Å². The largest absolute Gasteiger partial charge is 0.354 e. The summed E-state index contributed by atoms with van der Waals surface area (Å²) >= 11 is 7.45. The van der Waals surface area contributed by atoms with E-state index in [1.807, 2.05) is 68.4 Å². The van der Waals surface area contributed by atoms with Gasteiger partial charge in [-0.2, -0.15) is 0 Å². The summed E-state index contributed by atoms with van der Waals surface area (Å²) in [5, 5.41) is 3.32. The number of hydrogen-bond donors (Lipinski definition) is 1. The smallest absolute Gasteiger partial charge is 0.243 e. The zero-order valence-corrected chi connectivity index (χ0v) is 22.2. The van der Waals surface area contributed by atoms with E-state index in [0.29, 0.717) is 30.1 Å². The fourth-order valence-electron chi connectivity index (χ4n) is 3.92. The van der Waals surface area contributed by atoms with Gasteiger partial charge in [0.05, 0.1) is 5.75 Å². The first-order valence-electron chi connectivity index (χ1n) is 12.1. The van der Waals surface area contributed by atoms with Gasteiger partial charge in [0.2, 0.25) is 11.8 Å². The minimum atomic E-state index is -0.676. The van der Waals surface area contributed by atoms with Crippen molar-refractivity contribution in [3.63, 3.8) is 0 Å². The summed E-state index contributed by atoms with van der Waals surface area (Å²) in [7, 11) is 0. The van der Waals surface area contributed by atoms with Gasteiger partial charge in [-0.15, -0.1) is 11.8 Å². The van der Waals surface area contributed by atoms with Crippen LogP contribution < -0.4 is 5.32 Å². The summed E-state index contributed by atoms with van der Waals surface area (Å²) in [6.45, 7) is 4.83. The van der Waals surface area contributed by atoms with Crippen molar-refractivity contribution in [2.24, 2.45) is 0 Å². The van der Waals surface area contributed by atoms with Gasteiger partial charge < -0.3 is 10.2 Å². The zero-order chi connectivity index (χ0) is 25.9. The third-order valence-corrected chi connectivity index (χ3v) is 7.09. The number of thioether (sulfide) groups is 1. The molecule has 3 aromatic carbocycles. The average Bonchev–Trinajstić information content (AvgIpc) is 2.87. The zero-order valence-electron chi connectivity index (χ0n) is 20.7. The maximum absolute atomic E-state index is 14.2. The number of benzene rings is 3. The lowest BCUT2D eigenvalue weighted by Crippen LogP contribution is -2.51. The van der Waals surface area contributed by atoms with Crippen LogP contribution in [0.25, 0.3) is 0 Å². The third-order valence-electron chi connectivity index (χ3n) is 5.79. The Bertz CT molecular complexity index is 1140. The van der Waals surface area contributed by atoms with Crippen molar-refractivity contribution >= 4 is 35.2 Å². The molecule has 0 saturated carbocycles. The molecule has 0 aliphatic heterocycles. The maximum Gasteiger partial charge on any atom is 0.243 e. The number of nitrogens with one attached hydrogen (secondary N) is 1. The van der Waals surface area contributed by atoms with Crippen molar-refractivity contribution in [1.29, 1.82) is 0 Å². The standard InChI is InChI=1S/C29H32ClFN2O2S/c1-3-15-32-29(35)27(17-22-10-5-4-6-11-22)33(18-23-12-7-9-21(2)16-23)28(34)20-36-19-24-25(30)13-8-14-26(24)31/h4-14,16,27H,3,15,17-20H2,1-2H3,(H,32,35)/t27-/m0/s1. The highest BCUT2D eigenvalue weighted by molar-refractivity contribution is 7.99. The number of amides is 2. The van der Waals surface area contributed by atoms with Crippen LogP contribution >= 0.6 is 23.4 Å². The first-order chi connectivity index (χ1) is 17.4. The molecule has 0 aromatic heterocycles. The molecule has 0 unspecified atom stereocenters. The fraction of sp³-hybridized carbons (Fsp3) is 0.310. The van der Waals surface area contributed by atoms with E-state index < -0.39 is 6.04 Å². The molecule has 0 spiro atoms. The quantitative estimate of drug-likeness (QED) is 0.306. The van der Waals surface area contributed by atoms with Crippen LogP contribution in [0.3, 0.4) is 0 Å². The first kappa shape index (κ1) is 27.8. The Labute approximate surface area is 222 Å². The predicted molar refractivity (Wildman–Crippen MR) is 147 cm³/mol. The van der Waals surface area contributed by atoms with E-state index >= 15 is 0 Å². The van der Waals surface area contributed by atoms with E-state index in [1.54, 1.807) is 17.0 Å². The highest BCUT2D eigenvalue weighted by Crippen LogP contribution is 2.25. The van der Waals surface area contributed by atoms with Crippen molar-refractivity contribution in [1.82, 2.24) is 10.2 Å². The summed E-state index contributed by atoms with van der Waals surface area (Å²) < 4.78 is 14.2. The molecule has 0 heterocycles. The van der Waals surface area contributed by atoms with Gasteiger partial charge in [-0.3, -0.25) is 9.59 Å². The van der Waals surface area contributed by atoms with Gasteiger partial charge in [0.1, 0.15) is 11.9 Å². The normalized spacial score (nSPS) is 11.7. The minimum Gasteiger partial charge on any atom is -0.354 e. The van der Waals surface area contributed by atoms with E-state index in [1.165, 1.54) is 17.8 Å². The minimum absolute atomic E-state index is 0.100. The molecule has 4 nitrogen and oxygen atoms in total. The lowest BCUT2D eigenvalue weighted by molar-refractivity contribution is -0.139. The molecular formula is C29H32ClFN2O2S. The Morgan fingerprint density at radius 2 is 1.75 bits per heavy atom. The lowest BCUT2D eigenvalue weighted by Gasteiger charge is -2.31. The number of nitrogens with zero attached hydrogens (tertiary/aromatic N) is 1. The summed E-state index contributed by atoms with van der Waals surface area (Å²) in [6, 6.07) is 21.5. The number of aryl methyl sites for hydroxylation is 1. The van der Waals surface area contributed by atoms with E-state index in [4.69, 9.17) is 11.6 Å². The predicted octanol–water partition coefficient (Wildman–Crippen LogP) is 6.19. The van der Waals surface area contributed by atoms with Gasteiger partial charge in [-0.25, -0.2) is 4.39 Å². The second-order valence-corrected chi connectivity index (χ2v) is 10.1. The highest BCUT2D eigenvalue weighted by atomic mass is 35.5. The summed E-state index contributed by atoms with van der Waals surface area (Å²) in [5.74, 6) is -0.380. The summed E-state index contributed by atoms with van der Waals surface area (Å²) in [5.41, 5.74) is 3.39. The van der Waals surface area contributed by atoms with Crippen molar-refractivity contribution in [2.75, 3.05) is 12.3 Å². The summed E-state index contributed by atoms with van der Waals surface area (Å²) in [6.07, 6.45) is 1.20. The molecule has 3 rings (SSSR count). The first-order valence-corrected chi connectivity index (χ1v) is 13.6. The molecule has 190 valence electrons. The van der Waals surface area contributed by atoms with Crippen molar-refractivity contribution in [2.45, 2.75) is 45.0 Å². The van der Waals surface area contributed by atoms with Crippen molar-refractivity contribution < 1.29 is 14.0 Å². The van der Waals surface area contributed by atoms with Gasteiger partial charge in [0.25, 0.3) is 0 Å². The maximum atomic E-state index is 14.2. The number of carbonyl (C=O) groups excluding carboxylic acids is 2. The van der Waals surface area contributed by atoms with E-state index in [0.717, 1.165) is 23.1 Å². The average molecular weight is 527 g/mol. The topological polar surface area (TPSA) is 49.4 Å². The SMILES string of the molecule is CCCNC(=O)[C@H](Cc1ccccc1)N(Cc1cccc(C)c1)C(=O)CSCc1c(F)cccc1Cl. The van der Waals surface area contributed by atoms with Crippen LogP contribution in [0.1, 0.15) is 35.6 Å². The molecule has 0 bridgehead atoms. The van der Waals surface area contributed by atoms with E-state index in [9.17, 15) is 14.0 Å². The van der Waals surface area contributed by atoms with Crippen molar-refractivity contribution in [3.05, 3.63) is 106 Å². The molecule has 1 atom stereocenters. The lowest BCUT2D eigenvalue weighted by atomic mass is 10.0. The monoisotopic (exact) mass is 526 g/mol. The fourth-order valence-corrected chi connectivity index (χ4v) is 5.17. The molecule has 1 N–H and O–H groups in total. The molecular weight excluding hydrogens is 495 g/mol. The Kier molecular flexibility index (Phi) is 10.8. The van der Waals surface area contributed by atoms with Crippen LogP contribution in [0.4, 0.5) is 4.39 Å². The van der Waals surface area contributed by atoms with Gasteiger partial charge in [-0.1, -0.05) is 84.8 Å². The Morgan fingerprint density at radius 3 is 2.44 bits per heavy atom. The van der Waals surface area contributed by atoms with Crippen LogP contribution in [0.2, 0.25) is 5.02 Å². The highest BCUT2D eigenvalue weighted by Gasteiger charge is 2.30. The van der Waals surface area contributed by atoms with Crippen molar-refractivity contribution in [3.8, 4) is 0 Å². The number of rotatable bonds is 12. The van der Waals surface area contributed by atoms with Gasteiger partial charge in [0, 0.05) is 35.8 Å². The van der Waals surface area contributed by atoms with Gasteiger partial charge in [-0.05, 0) is 36.6 Å². The Hall–Kier alpha value is -2.83. The van der Waals surface area contributed by atoms with Crippen LogP contribution in [-0.2, 0) is 28.3 Å². The number of hydrogen-bond acceptors (Lipinski definition) is 3. The van der Waals surface area contributed by atoms with Crippen LogP contribution in [-0.4, -0.2) is 35.1 Å². The summed E-state index contributed by atoms with van der Waals surface area (Å²) in [4.78, 5) is 28.6. The van der Waals surface area contributed by atoms with E-state index in [-0.39, 0.29) is 29.1 Å². The molecule has 2 amide bonds. The molecule has 0 radical (unpaired) electrons. The van der Waals surface area contributed by atoms with E-state index in [2.05, 4.69) is 5.32 Å². The molecule has 0 fully saturated rings. The van der Waals surface area contributed by atoms with Gasteiger partial charge in [0.15, 0.2) is 0 Å².